The number of allylic oxidation sites excluding steroid dienone is 4. The first-order chi connectivity index (χ1) is 5.00. The normalized spacial score (nSPS) is 19.3. The molecule has 0 heterocycles. The highest BCUT2D eigenvalue weighted by Crippen LogP contribution is 2.29. The second-order valence-corrected chi connectivity index (χ2v) is 3.68. The Labute approximate surface area is 67.8 Å². The van der Waals surface area contributed by atoms with Crippen LogP contribution in [0.3, 0.4) is 0 Å². The van der Waals surface area contributed by atoms with Gasteiger partial charge < -0.3 is 0 Å². The van der Waals surface area contributed by atoms with Crippen LogP contribution in [0.1, 0.15) is 33.6 Å². The zero-order chi connectivity index (χ0) is 8.48. The van der Waals surface area contributed by atoms with Crippen molar-refractivity contribution < 1.29 is 4.39 Å². The maximum atomic E-state index is 13.3. The molecule has 0 aliphatic heterocycles. The van der Waals surface area contributed by atoms with Crippen LogP contribution in [-0.4, -0.2) is 5.67 Å². The Balaban J connectivity index is 2.77. The Hall–Kier alpha value is -0.590. The maximum absolute atomic E-state index is 13.3. The summed E-state index contributed by atoms with van der Waals surface area (Å²) in [6, 6.07) is 0. The van der Waals surface area contributed by atoms with E-state index in [0.717, 1.165) is 18.4 Å². The minimum absolute atomic E-state index is 0.881. The molecule has 0 saturated carbocycles. The van der Waals surface area contributed by atoms with Gasteiger partial charge in [-0.25, -0.2) is 4.39 Å². The molecule has 0 fully saturated rings. The summed E-state index contributed by atoms with van der Waals surface area (Å²) < 4.78 is 13.3. The van der Waals surface area contributed by atoms with Gasteiger partial charge in [-0.15, -0.1) is 0 Å². The molecule has 0 nitrogen and oxygen atoms in total. The average Bonchev–Trinajstić information content (AvgIpc) is 1.86. The highest BCUT2D eigenvalue weighted by Gasteiger charge is 2.22. The van der Waals surface area contributed by atoms with Gasteiger partial charge in [0.2, 0.25) is 0 Å². The van der Waals surface area contributed by atoms with Gasteiger partial charge in [0, 0.05) is 0 Å². The summed E-state index contributed by atoms with van der Waals surface area (Å²) in [4.78, 5) is 0. The van der Waals surface area contributed by atoms with Gasteiger partial charge in [-0.05, 0) is 39.2 Å². The zero-order valence-electron chi connectivity index (χ0n) is 7.45. The SMILES string of the molecule is CC1=CC=C(C(C)(C)F)CC1. The molecule has 1 aliphatic carbocycles. The summed E-state index contributed by atoms with van der Waals surface area (Å²) in [7, 11) is 0. The van der Waals surface area contributed by atoms with E-state index in [2.05, 4.69) is 6.92 Å². The lowest BCUT2D eigenvalue weighted by molar-refractivity contribution is 0.260. The summed E-state index contributed by atoms with van der Waals surface area (Å²) in [6.07, 6.45) is 5.82. The highest BCUT2D eigenvalue weighted by molar-refractivity contribution is 5.27. The van der Waals surface area contributed by atoms with Gasteiger partial charge in [0.05, 0.1) is 0 Å². The third kappa shape index (κ3) is 2.18. The third-order valence-electron chi connectivity index (χ3n) is 2.12. The fourth-order valence-corrected chi connectivity index (χ4v) is 1.24. The van der Waals surface area contributed by atoms with E-state index in [0.29, 0.717) is 0 Å². The van der Waals surface area contributed by atoms with Crippen LogP contribution in [0.25, 0.3) is 0 Å². The second kappa shape index (κ2) is 2.80. The van der Waals surface area contributed by atoms with Crippen molar-refractivity contribution in [3.63, 3.8) is 0 Å². The molecular weight excluding hydrogens is 139 g/mol. The molecule has 0 atom stereocenters. The quantitative estimate of drug-likeness (QED) is 0.543. The van der Waals surface area contributed by atoms with Gasteiger partial charge in [-0.3, -0.25) is 0 Å². The minimum Gasteiger partial charge on any atom is -0.240 e. The van der Waals surface area contributed by atoms with Crippen molar-refractivity contribution in [2.45, 2.75) is 39.3 Å². The summed E-state index contributed by atoms with van der Waals surface area (Å²) in [5, 5.41) is 0. The molecule has 0 radical (unpaired) electrons. The van der Waals surface area contributed by atoms with E-state index in [9.17, 15) is 4.39 Å². The molecule has 62 valence electrons. The van der Waals surface area contributed by atoms with Crippen LogP contribution in [0.5, 0.6) is 0 Å². The Kier molecular flexibility index (Phi) is 2.17. The number of hydrogen-bond acceptors (Lipinski definition) is 0. The van der Waals surface area contributed by atoms with Gasteiger partial charge in [-0.1, -0.05) is 17.7 Å². The Bertz CT molecular complexity index is 203. The van der Waals surface area contributed by atoms with Gasteiger partial charge in [0.25, 0.3) is 0 Å². The van der Waals surface area contributed by atoms with Crippen molar-refractivity contribution in [3.05, 3.63) is 23.3 Å². The molecular formula is C10H15F. The molecule has 11 heavy (non-hydrogen) atoms. The fraction of sp³-hybridized carbons (Fsp3) is 0.600. The molecule has 0 N–H and O–H groups in total. The smallest absolute Gasteiger partial charge is 0.126 e. The largest absolute Gasteiger partial charge is 0.240 e. The predicted molar refractivity (Wildman–Crippen MR) is 46.3 cm³/mol. The first kappa shape index (κ1) is 8.51. The van der Waals surface area contributed by atoms with Crippen LogP contribution in [0.4, 0.5) is 4.39 Å². The highest BCUT2D eigenvalue weighted by atomic mass is 19.1. The number of halogens is 1. The molecule has 0 bridgehead atoms. The van der Waals surface area contributed by atoms with Crippen molar-refractivity contribution in [3.8, 4) is 0 Å². The molecule has 1 aliphatic rings. The molecule has 0 amide bonds. The zero-order valence-corrected chi connectivity index (χ0v) is 7.45. The Morgan fingerprint density at radius 2 is 1.91 bits per heavy atom. The molecule has 0 aromatic carbocycles. The summed E-state index contributed by atoms with van der Waals surface area (Å²) in [5.41, 5.74) is 1.14. The van der Waals surface area contributed by atoms with Crippen LogP contribution in [0.2, 0.25) is 0 Å². The molecule has 1 heteroatoms. The average molecular weight is 154 g/mol. The van der Waals surface area contributed by atoms with E-state index < -0.39 is 5.67 Å². The fourth-order valence-electron chi connectivity index (χ4n) is 1.24. The Morgan fingerprint density at radius 1 is 1.27 bits per heavy atom. The van der Waals surface area contributed by atoms with Crippen molar-refractivity contribution in [1.29, 1.82) is 0 Å². The van der Waals surface area contributed by atoms with Crippen molar-refractivity contribution >= 4 is 0 Å². The lowest BCUT2D eigenvalue weighted by Crippen LogP contribution is -2.16. The first-order valence-electron chi connectivity index (χ1n) is 4.06. The van der Waals surface area contributed by atoms with Gasteiger partial charge in [-0.2, -0.15) is 0 Å². The Morgan fingerprint density at radius 3 is 2.27 bits per heavy atom. The monoisotopic (exact) mass is 154 g/mol. The van der Waals surface area contributed by atoms with Crippen molar-refractivity contribution in [2.24, 2.45) is 0 Å². The van der Waals surface area contributed by atoms with Crippen LogP contribution in [0, 0.1) is 0 Å². The van der Waals surface area contributed by atoms with E-state index in [-0.39, 0.29) is 0 Å². The number of rotatable bonds is 1. The molecule has 0 unspecified atom stereocenters. The number of alkyl halides is 1. The van der Waals surface area contributed by atoms with Crippen LogP contribution in [0.15, 0.2) is 23.3 Å². The second-order valence-electron chi connectivity index (χ2n) is 3.68. The maximum Gasteiger partial charge on any atom is 0.126 e. The number of hydrogen-bond donors (Lipinski definition) is 0. The molecule has 0 saturated heterocycles. The first-order valence-corrected chi connectivity index (χ1v) is 4.06. The van der Waals surface area contributed by atoms with E-state index in [1.165, 1.54) is 5.57 Å². The minimum atomic E-state index is -1.13. The van der Waals surface area contributed by atoms with E-state index >= 15 is 0 Å². The van der Waals surface area contributed by atoms with E-state index in [1.54, 1.807) is 13.8 Å². The molecule has 0 aromatic rings. The summed E-state index contributed by atoms with van der Waals surface area (Å²) in [5.74, 6) is 0. The van der Waals surface area contributed by atoms with Crippen LogP contribution in [-0.2, 0) is 0 Å². The lowest BCUT2D eigenvalue weighted by Gasteiger charge is -2.21. The molecule has 0 spiro atoms. The van der Waals surface area contributed by atoms with Gasteiger partial charge in [0.15, 0.2) is 0 Å². The summed E-state index contributed by atoms with van der Waals surface area (Å²) >= 11 is 0. The van der Waals surface area contributed by atoms with E-state index in [4.69, 9.17) is 0 Å². The van der Waals surface area contributed by atoms with Crippen LogP contribution >= 0.6 is 0 Å². The summed E-state index contributed by atoms with van der Waals surface area (Å²) in [6.45, 7) is 5.32. The topological polar surface area (TPSA) is 0 Å². The van der Waals surface area contributed by atoms with E-state index in [1.807, 2.05) is 12.2 Å². The molecule has 0 aromatic heterocycles. The van der Waals surface area contributed by atoms with Gasteiger partial charge in [0.1, 0.15) is 5.67 Å². The third-order valence-corrected chi connectivity index (χ3v) is 2.12. The standard InChI is InChI=1S/C10H15F/c1-8-4-6-9(7-5-8)10(2,3)11/h4,6H,5,7H2,1-3H3. The van der Waals surface area contributed by atoms with Crippen molar-refractivity contribution in [1.82, 2.24) is 0 Å². The van der Waals surface area contributed by atoms with Crippen LogP contribution < -0.4 is 0 Å². The van der Waals surface area contributed by atoms with Gasteiger partial charge >= 0.3 is 0 Å². The predicted octanol–water partition coefficient (Wildman–Crippen LogP) is 3.40. The lowest BCUT2D eigenvalue weighted by atomic mass is 9.90. The molecule has 1 rings (SSSR count). The van der Waals surface area contributed by atoms with Crippen molar-refractivity contribution in [2.75, 3.05) is 0 Å².